The molecule has 0 heterocycles. The zero-order valence-electron chi connectivity index (χ0n) is 6.99. The van der Waals surface area contributed by atoms with E-state index in [1.165, 1.54) is 14.0 Å². The van der Waals surface area contributed by atoms with E-state index in [9.17, 15) is 9.59 Å². The summed E-state index contributed by atoms with van der Waals surface area (Å²) in [4.78, 5) is 21.2. The lowest BCUT2D eigenvalue weighted by molar-refractivity contribution is -0.141. The molecule has 5 nitrogen and oxygen atoms in total. The highest BCUT2D eigenvalue weighted by Gasteiger charge is 2.08. The average molecular weight is 197 g/mol. The molecule has 12 heavy (non-hydrogen) atoms. The molecule has 0 aromatic carbocycles. The molecule has 0 aliphatic carbocycles. The zero-order chi connectivity index (χ0) is 8.85. The summed E-state index contributed by atoms with van der Waals surface area (Å²) in [6, 6.07) is -0.598. The van der Waals surface area contributed by atoms with Gasteiger partial charge in [0.2, 0.25) is 5.91 Å². The third kappa shape index (κ3) is 5.94. The van der Waals surface area contributed by atoms with Crippen LogP contribution in [-0.4, -0.2) is 31.6 Å². The fourth-order valence-corrected chi connectivity index (χ4v) is 0.392. The van der Waals surface area contributed by atoms with Crippen molar-refractivity contribution in [2.45, 2.75) is 13.0 Å². The molecule has 0 aliphatic heterocycles. The first-order chi connectivity index (χ1) is 5.07. The quantitative estimate of drug-likeness (QED) is 0.570. The predicted molar refractivity (Wildman–Crippen MR) is 45.9 cm³/mol. The normalized spacial score (nSPS) is 10.9. The van der Waals surface area contributed by atoms with E-state index >= 15 is 0 Å². The van der Waals surface area contributed by atoms with E-state index in [0.29, 0.717) is 0 Å². The van der Waals surface area contributed by atoms with Gasteiger partial charge in [-0.2, -0.15) is 0 Å². The number of hydrogen-bond acceptors (Lipinski definition) is 4. The molecule has 0 aromatic rings. The first-order valence-corrected chi connectivity index (χ1v) is 3.18. The van der Waals surface area contributed by atoms with Crippen LogP contribution in [0, 0.1) is 0 Å². The number of ether oxygens (including phenoxy) is 1. The molecule has 1 amide bonds. The van der Waals surface area contributed by atoms with Gasteiger partial charge in [0.15, 0.2) is 0 Å². The summed E-state index contributed by atoms with van der Waals surface area (Å²) >= 11 is 0. The minimum absolute atomic E-state index is 0. The maximum atomic E-state index is 10.7. The van der Waals surface area contributed by atoms with Gasteiger partial charge in [0.05, 0.1) is 13.2 Å². The van der Waals surface area contributed by atoms with Crippen molar-refractivity contribution < 1.29 is 14.3 Å². The summed E-state index contributed by atoms with van der Waals surface area (Å²) < 4.78 is 4.29. The van der Waals surface area contributed by atoms with Crippen LogP contribution in [0.25, 0.3) is 0 Å². The average Bonchev–Trinajstić information content (AvgIpc) is 1.99. The standard InChI is InChI=1S/C6H12N2O3.ClH/c1-4(7)6(10)8-3-5(9)11-2;/h4H,3,7H2,1-2H3,(H,8,10);1H/t4-;/m0./s1. The Morgan fingerprint density at radius 1 is 1.58 bits per heavy atom. The Balaban J connectivity index is 0. The Kier molecular flexibility index (Phi) is 7.88. The number of hydrogen-bond donors (Lipinski definition) is 2. The van der Waals surface area contributed by atoms with Gasteiger partial charge in [0.25, 0.3) is 0 Å². The van der Waals surface area contributed by atoms with Crippen LogP contribution in [0.2, 0.25) is 0 Å². The minimum atomic E-state index is -0.598. The van der Waals surface area contributed by atoms with Gasteiger partial charge >= 0.3 is 5.97 Å². The van der Waals surface area contributed by atoms with Gasteiger partial charge in [-0.3, -0.25) is 9.59 Å². The summed E-state index contributed by atoms with van der Waals surface area (Å²) in [5.74, 6) is -0.852. The molecule has 0 saturated heterocycles. The molecule has 0 rings (SSSR count). The molecule has 0 aliphatic rings. The Bertz CT molecular complexity index is 161. The van der Waals surface area contributed by atoms with Gasteiger partial charge in [0.1, 0.15) is 6.54 Å². The number of halogens is 1. The second kappa shape index (κ2) is 6.87. The molecule has 1 atom stereocenters. The summed E-state index contributed by atoms with van der Waals surface area (Å²) in [5, 5.41) is 2.29. The van der Waals surface area contributed by atoms with E-state index in [4.69, 9.17) is 5.73 Å². The van der Waals surface area contributed by atoms with Gasteiger partial charge in [-0.05, 0) is 6.92 Å². The third-order valence-corrected chi connectivity index (χ3v) is 1.05. The fraction of sp³-hybridized carbons (Fsp3) is 0.667. The van der Waals surface area contributed by atoms with Crippen LogP contribution in [0.15, 0.2) is 0 Å². The van der Waals surface area contributed by atoms with Crippen LogP contribution >= 0.6 is 12.4 Å². The largest absolute Gasteiger partial charge is 0.468 e. The number of carbonyl (C=O) groups is 2. The van der Waals surface area contributed by atoms with E-state index in [0.717, 1.165) is 0 Å². The molecule has 0 radical (unpaired) electrons. The maximum Gasteiger partial charge on any atom is 0.325 e. The summed E-state index contributed by atoms with van der Waals surface area (Å²) in [5.41, 5.74) is 5.20. The smallest absolute Gasteiger partial charge is 0.325 e. The van der Waals surface area contributed by atoms with Crippen LogP contribution in [0.3, 0.4) is 0 Å². The van der Waals surface area contributed by atoms with Gasteiger partial charge in [-0.25, -0.2) is 0 Å². The van der Waals surface area contributed by atoms with Crippen molar-refractivity contribution in [1.82, 2.24) is 5.32 Å². The molecule has 6 heteroatoms. The Hall–Kier alpha value is -0.810. The fourth-order valence-electron chi connectivity index (χ4n) is 0.392. The van der Waals surface area contributed by atoms with Crippen molar-refractivity contribution in [3.05, 3.63) is 0 Å². The molecule has 72 valence electrons. The first kappa shape index (κ1) is 13.8. The number of rotatable bonds is 3. The highest BCUT2D eigenvalue weighted by atomic mass is 35.5. The summed E-state index contributed by atoms with van der Waals surface area (Å²) in [6.07, 6.45) is 0. The number of nitrogens with two attached hydrogens (primary N) is 1. The zero-order valence-corrected chi connectivity index (χ0v) is 7.81. The number of methoxy groups -OCH3 is 1. The summed E-state index contributed by atoms with van der Waals surface area (Å²) in [6.45, 7) is 1.41. The second-order valence-corrected chi connectivity index (χ2v) is 2.08. The minimum Gasteiger partial charge on any atom is -0.468 e. The van der Waals surface area contributed by atoms with E-state index in [2.05, 4.69) is 10.1 Å². The van der Waals surface area contributed by atoms with Crippen molar-refractivity contribution in [3.8, 4) is 0 Å². The van der Waals surface area contributed by atoms with Crippen LogP contribution in [0.5, 0.6) is 0 Å². The summed E-state index contributed by atoms with van der Waals surface area (Å²) in [7, 11) is 1.25. The van der Waals surface area contributed by atoms with Crippen molar-refractivity contribution in [2.24, 2.45) is 5.73 Å². The van der Waals surface area contributed by atoms with Crippen molar-refractivity contribution in [3.63, 3.8) is 0 Å². The molecular formula is C6H13ClN2O3. The SMILES string of the molecule is COC(=O)CNC(=O)[C@H](C)N.Cl. The van der Waals surface area contributed by atoms with Gasteiger partial charge in [0, 0.05) is 0 Å². The van der Waals surface area contributed by atoms with E-state index in [1.54, 1.807) is 0 Å². The monoisotopic (exact) mass is 196 g/mol. The topological polar surface area (TPSA) is 81.4 Å². The van der Waals surface area contributed by atoms with Crippen LogP contribution < -0.4 is 11.1 Å². The molecule has 0 bridgehead atoms. The molecule has 0 unspecified atom stereocenters. The number of nitrogens with one attached hydrogen (secondary N) is 1. The van der Waals surface area contributed by atoms with Gasteiger partial charge in [-0.15, -0.1) is 12.4 Å². The molecule has 0 fully saturated rings. The third-order valence-electron chi connectivity index (χ3n) is 1.05. The Morgan fingerprint density at radius 2 is 2.08 bits per heavy atom. The molecule has 0 aromatic heterocycles. The van der Waals surface area contributed by atoms with Gasteiger partial charge in [-0.1, -0.05) is 0 Å². The van der Waals surface area contributed by atoms with E-state index in [1.807, 2.05) is 0 Å². The van der Waals surface area contributed by atoms with Crippen molar-refractivity contribution in [1.29, 1.82) is 0 Å². The Labute approximate surface area is 77.0 Å². The highest BCUT2D eigenvalue weighted by Crippen LogP contribution is 1.75. The number of amides is 1. The lowest BCUT2D eigenvalue weighted by Gasteiger charge is -2.05. The van der Waals surface area contributed by atoms with Crippen molar-refractivity contribution in [2.75, 3.05) is 13.7 Å². The maximum absolute atomic E-state index is 10.7. The molecule has 3 N–H and O–H groups in total. The second-order valence-electron chi connectivity index (χ2n) is 2.08. The lowest BCUT2D eigenvalue weighted by Crippen LogP contribution is -2.40. The number of esters is 1. The Morgan fingerprint density at radius 3 is 2.42 bits per heavy atom. The first-order valence-electron chi connectivity index (χ1n) is 3.18. The predicted octanol–water partition coefficient (Wildman–Crippen LogP) is -0.955. The number of carbonyl (C=O) groups excluding carboxylic acids is 2. The van der Waals surface area contributed by atoms with Gasteiger partial charge < -0.3 is 15.8 Å². The van der Waals surface area contributed by atoms with Crippen LogP contribution in [0.4, 0.5) is 0 Å². The lowest BCUT2D eigenvalue weighted by atomic mass is 10.3. The van der Waals surface area contributed by atoms with E-state index < -0.39 is 12.0 Å². The van der Waals surface area contributed by atoms with Crippen LogP contribution in [0.1, 0.15) is 6.92 Å². The highest BCUT2D eigenvalue weighted by molar-refractivity contribution is 5.85. The van der Waals surface area contributed by atoms with Crippen LogP contribution in [-0.2, 0) is 14.3 Å². The van der Waals surface area contributed by atoms with E-state index in [-0.39, 0.29) is 24.9 Å². The molecule has 0 saturated carbocycles. The van der Waals surface area contributed by atoms with Crippen molar-refractivity contribution >= 4 is 24.3 Å². The molecular weight excluding hydrogens is 184 g/mol. The molecule has 0 spiro atoms.